The molecule has 1 N–H and O–H groups in total. The van der Waals surface area contributed by atoms with Crippen LogP contribution >= 0.6 is 0 Å². The van der Waals surface area contributed by atoms with Gasteiger partial charge >= 0.3 is 5.97 Å². The maximum atomic E-state index is 11.5. The van der Waals surface area contributed by atoms with Crippen LogP contribution in [0.5, 0.6) is 0 Å². The normalized spacial score (nSPS) is 11.2. The number of carbonyl (C=O) groups is 1. The molecule has 2 heterocycles. The number of methoxy groups -OCH3 is 1. The second kappa shape index (κ2) is 5.65. The number of rotatable bonds is 5. The summed E-state index contributed by atoms with van der Waals surface area (Å²) in [5.74, 6) is -0.926. The third kappa shape index (κ3) is 2.48. The molecule has 0 unspecified atom stereocenters. The average molecular weight is 299 g/mol. The van der Waals surface area contributed by atoms with Gasteiger partial charge in [-0.25, -0.2) is 4.79 Å². The van der Waals surface area contributed by atoms with E-state index in [9.17, 15) is 9.90 Å². The number of nitrogens with zero attached hydrogens (tertiary/aromatic N) is 3. The van der Waals surface area contributed by atoms with Crippen molar-refractivity contribution in [3.63, 3.8) is 0 Å². The zero-order valence-electron chi connectivity index (χ0n) is 12.5. The number of aryl methyl sites for hydroxylation is 1. The number of aromatic nitrogens is 3. The molecule has 3 aromatic rings. The lowest BCUT2D eigenvalue weighted by atomic mass is 10.0. The van der Waals surface area contributed by atoms with Gasteiger partial charge in [-0.2, -0.15) is 5.10 Å². The highest BCUT2D eigenvalue weighted by Crippen LogP contribution is 2.28. The molecular formula is C16H17N3O3. The van der Waals surface area contributed by atoms with Gasteiger partial charge in [0.15, 0.2) is 0 Å². The lowest BCUT2D eigenvalue weighted by Gasteiger charge is -2.05. The molecule has 0 bridgehead atoms. The second-order valence-corrected chi connectivity index (χ2v) is 5.17. The molecule has 22 heavy (non-hydrogen) atoms. The van der Waals surface area contributed by atoms with Crippen molar-refractivity contribution in [1.82, 2.24) is 14.3 Å². The number of benzene rings is 1. The summed E-state index contributed by atoms with van der Waals surface area (Å²) in [7, 11) is 3.55. The maximum Gasteiger partial charge on any atom is 0.336 e. The fraction of sp³-hybridized carbons (Fsp3) is 0.250. The summed E-state index contributed by atoms with van der Waals surface area (Å²) in [5.41, 5.74) is 2.93. The number of hydrogen-bond acceptors (Lipinski definition) is 3. The van der Waals surface area contributed by atoms with Crippen molar-refractivity contribution >= 4 is 16.9 Å². The summed E-state index contributed by atoms with van der Waals surface area (Å²) in [5, 5.41) is 14.5. The van der Waals surface area contributed by atoms with Crippen molar-refractivity contribution in [2.75, 3.05) is 13.7 Å². The van der Waals surface area contributed by atoms with E-state index >= 15 is 0 Å². The molecule has 0 aliphatic heterocycles. The van der Waals surface area contributed by atoms with Crippen LogP contribution in [0.15, 0.2) is 36.8 Å². The minimum Gasteiger partial charge on any atom is -0.478 e. The van der Waals surface area contributed by atoms with Crippen LogP contribution in [0.25, 0.3) is 22.0 Å². The molecule has 2 aromatic heterocycles. The summed E-state index contributed by atoms with van der Waals surface area (Å²) >= 11 is 0. The van der Waals surface area contributed by atoms with Crippen LogP contribution in [0.3, 0.4) is 0 Å². The molecule has 1 aromatic carbocycles. The third-order valence-corrected chi connectivity index (χ3v) is 3.72. The zero-order valence-corrected chi connectivity index (χ0v) is 12.5. The first-order chi connectivity index (χ1) is 10.6. The number of hydrogen-bond donors (Lipinski definition) is 1. The first kappa shape index (κ1) is 14.3. The summed E-state index contributed by atoms with van der Waals surface area (Å²) in [6.07, 6.45) is 5.50. The highest BCUT2D eigenvalue weighted by molar-refractivity contribution is 6.05. The van der Waals surface area contributed by atoms with Crippen LogP contribution in [0.1, 0.15) is 10.4 Å². The Morgan fingerprint density at radius 3 is 2.91 bits per heavy atom. The molecule has 0 amide bonds. The van der Waals surface area contributed by atoms with Gasteiger partial charge in [0, 0.05) is 43.0 Å². The van der Waals surface area contributed by atoms with Crippen LogP contribution in [0, 0.1) is 0 Å². The molecule has 0 spiro atoms. The molecule has 0 aliphatic rings. The van der Waals surface area contributed by atoms with Crippen molar-refractivity contribution in [2.24, 2.45) is 7.05 Å². The number of aromatic carboxylic acids is 1. The van der Waals surface area contributed by atoms with Gasteiger partial charge in [-0.15, -0.1) is 0 Å². The standard InChI is InChI=1S/C16H17N3O3/c1-18-4-3-13-14(16(20)21)7-11(8-15(13)18)12-9-17-19(10-12)5-6-22-2/h3-4,7-10H,5-6H2,1-2H3,(H,20,21). The molecule has 6 heteroatoms. The molecule has 6 nitrogen and oxygen atoms in total. The molecule has 0 radical (unpaired) electrons. The van der Waals surface area contributed by atoms with Crippen LogP contribution in [-0.4, -0.2) is 39.1 Å². The Morgan fingerprint density at radius 1 is 1.36 bits per heavy atom. The van der Waals surface area contributed by atoms with Crippen LogP contribution in [0.4, 0.5) is 0 Å². The lowest BCUT2D eigenvalue weighted by Crippen LogP contribution is -2.03. The largest absolute Gasteiger partial charge is 0.478 e. The van der Waals surface area contributed by atoms with E-state index in [2.05, 4.69) is 5.10 Å². The van der Waals surface area contributed by atoms with E-state index in [1.54, 1.807) is 24.1 Å². The molecule has 0 fully saturated rings. The van der Waals surface area contributed by atoms with E-state index in [0.29, 0.717) is 18.7 Å². The average Bonchev–Trinajstić information content (AvgIpc) is 3.11. The topological polar surface area (TPSA) is 69.3 Å². The van der Waals surface area contributed by atoms with Gasteiger partial charge in [0.1, 0.15) is 0 Å². The monoisotopic (exact) mass is 299 g/mol. The van der Waals surface area contributed by atoms with E-state index in [1.165, 1.54) is 0 Å². The third-order valence-electron chi connectivity index (χ3n) is 3.72. The van der Waals surface area contributed by atoms with Gasteiger partial charge in [0.05, 0.1) is 24.9 Å². The molecule has 114 valence electrons. The number of ether oxygens (including phenoxy) is 1. The Morgan fingerprint density at radius 2 is 2.18 bits per heavy atom. The van der Waals surface area contributed by atoms with Gasteiger partial charge < -0.3 is 14.4 Å². The fourth-order valence-corrected chi connectivity index (χ4v) is 2.53. The van der Waals surface area contributed by atoms with Gasteiger partial charge in [-0.1, -0.05) is 0 Å². The molecule has 0 saturated carbocycles. The van der Waals surface area contributed by atoms with E-state index in [-0.39, 0.29) is 0 Å². The summed E-state index contributed by atoms with van der Waals surface area (Å²) in [4.78, 5) is 11.5. The highest BCUT2D eigenvalue weighted by atomic mass is 16.5. The predicted octanol–water partition coefficient (Wildman–Crippen LogP) is 2.39. The van der Waals surface area contributed by atoms with E-state index < -0.39 is 5.97 Å². The van der Waals surface area contributed by atoms with E-state index in [4.69, 9.17) is 4.74 Å². The van der Waals surface area contributed by atoms with Gasteiger partial charge in [-0.3, -0.25) is 4.68 Å². The molecular weight excluding hydrogens is 282 g/mol. The SMILES string of the molecule is COCCn1cc(-c2cc(C(=O)O)c3ccn(C)c3c2)cn1. The smallest absolute Gasteiger partial charge is 0.336 e. The minimum absolute atomic E-state index is 0.303. The van der Waals surface area contributed by atoms with Gasteiger partial charge in [-0.05, 0) is 23.8 Å². The Bertz CT molecular complexity index is 832. The summed E-state index contributed by atoms with van der Waals surface area (Å²) < 4.78 is 8.74. The van der Waals surface area contributed by atoms with E-state index in [0.717, 1.165) is 22.0 Å². The van der Waals surface area contributed by atoms with Crippen molar-refractivity contribution in [2.45, 2.75) is 6.54 Å². The summed E-state index contributed by atoms with van der Waals surface area (Å²) in [6, 6.07) is 5.51. The first-order valence-corrected chi connectivity index (χ1v) is 6.94. The Balaban J connectivity index is 2.08. The molecule has 3 rings (SSSR count). The predicted molar refractivity (Wildman–Crippen MR) is 83.0 cm³/mol. The lowest BCUT2D eigenvalue weighted by molar-refractivity contribution is 0.0699. The quantitative estimate of drug-likeness (QED) is 0.785. The number of carboxylic acid groups (broad SMARTS) is 1. The van der Waals surface area contributed by atoms with Gasteiger partial charge in [0.25, 0.3) is 0 Å². The van der Waals surface area contributed by atoms with Crippen molar-refractivity contribution in [3.8, 4) is 11.1 Å². The van der Waals surface area contributed by atoms with Crippen molar-refractivity contribution < 1.29 is 14.6 Å². The molecule has 0 atom stereocenters. The minimum atomic E-state index is -0.926. The highest BCUT2D eigenvalue weighted by Gasteiger charge is 2.14. The Kier molecular flexibility index (Phi) is 3.68. The Labute approximate surface area is 127 Å². The molecule has 0 saturated heterocycles. The van der Waals surface area contributed by atoms with Crippen LogP contribution in [-0.2, 0) is 18.3 Å². The van der Waals surface area contributed by atoms with Gasteiger partial charge in [0.2, 0.25) is 0 Å². The Hall–Kier alpha value is -2.60. The van der Waals surface area contributed by atoms with Crippen LogP contribution < -0.4 is 0 Å². The summed E-state index contributed by atoms with van der Waals surface area (Å²) in [6.45, 7) is 1.24. The second-order valence-electron chi connectivity index (χ2n) is 5.17. The maximum absolute atomic E-state index is 11.5. The number of carboxylic acids is 1. The fourth-order valence-electron chi connectivity index (χ4n) is 2.53. The number of fused-ring (bicyclic) bond motifs is 1. The zero-order chi connectivity index (χ0) is 15.7. The van der Waals surface area contributed by atoms with Crippen LogP contribution in [0.2, 0.25) is 0 Å². The first-order valence-electron chi connectivity index (χ1n) is 6.94. The van der Waals surface area contributed by atoms with Crippen molar-refractivity contribution in [3.05, 3.63) is 42.4 Å². The van der Waals surface area contributed by atoms with Crippen molar-refractivity contribution in [1.29, 1.82) is 0 Å². The molecule has 0 aliphatic carbocycles. The van der Waals surface area contributed by atoms with E-state index in [1.807, 2.05) is 36.1 Å².